The average Bonchev–Trinajstić information content (AvgIpc) is 2.79. The van der Waals surface area contributed by atoms with Crippen LogP contribution < -0.4 is 4.72 Å². The zero-order valence-corrected chi connectivity index (χ0v) is 11.2. The van der Waals surface area contributed by atoms with Gasteiger partial charge in [-0.2, -0.15) is 5.26 Å². The number of nitriles is 1. The largest absolute Gasteiger partial charge is 0.598 e. The maximum Gasteiger partial charge on any atom is 0.136 e. The first-order chi connectivity index (χ1) is 7.93. The van der Waals surface area contributed by atoms with Crippen LogP contribution in [0.1, 0.15) is 44.6 Å². The minimum atomic E-state index is -1.07. The molecule has 17 heavy (non-hydrogen) atoms. The molecule has 0 spiro atoms. The lowest BCUT2D eigenvalue weighted by atomic mass is 10.2. The standard InChI is InChI=1S/C12H17N3OS/c1-12(2,3)17(16)14-10-6-7-15-9(8-13)4-5-11(10)15/h4-5,10,14H,6-7H2,1-3H3/t10-,17?/m1/s1. The molecule has 0 fully saturated rings. The summed E-state index contributed by atoms with van der Waals surface area (Å²) < 4.78 is 16.9. The maximum absolute atomic E-state index is 12.0. The van der Waals surface area contributed by atoms with E-state index in [0.29, 0.717) is 5.69 Å². The Bertz CT molecular complexity index is 455. The van der Waals surface area contributed by atoms with Gasteiger partial charge < -0.3 is 9.12 Å². The highest BCUT2D eigenvalue weighted by Crippen LogP contribution is 2.30. The first-order valence-electron chi connectivity index (χ1n) is 5.71. The van der Waals surface area contributed by atoms with Gasteiger partial charge in [0.2, 0.25) is 0 Å². The summed E-state index contributed by atoms with van der Waals surface area (Å²) in [7, 11) is 0. The van der Waals surface area contributed by atoms with Crippen LogP contribution in [0, 0.1) is 11.3 Å². The van der Waals surface area contributed by atoms with Crippen molar-refractivity contribution in [1.29, 1.82) is 5.26 Å². The summed E-state index contributed by atoms with van der Waals surface area (Å²) in [6, 6.07) is 6.04. The molecule has 1 unspecified atom stereocenters. The van der Waals surface area contributed by atoms with Gasteiger partial charge in [0.05, 0.1) is 6.04 Å². The molecule has 1 aromatic heterocycles. The molecule has 1 N–H and O–H groups in total. The second-order valence-corrected chi connectivity index (χ2v) is 7.24. The van der Waals surface area contributed by atoms with Crippen LogP contribution in [0.15, 0.2) is 12.1 Å². The molecule has 5 heteroatoms. The molecule has 0 amide bonds. The van der Waals surface area contributed by atoms with E-state index in [-0.39, 0.29) is 10.8 Å². The zero-order chi connectivity index (χ0) is 12.6. The van der Waals surface area contributed by atoms with Crippen molar-refractivity contribution in [2.75, 3.05) is 0 Å². The highest BCUT2D eigenvalue weighted by molar-refractivity contribution is 7.90. The first-order valence-corrected chi connectivity index (χ1v) is 6.86. The SMILES string of the molecule is CC(C)(C)[S+]([O-])N[C@@H]1CCn2c(C#N)ccc21. The molecule has 0 saturated heterocycles. The third-order valence-corrected chi connectivity index (χ3v) is 4.54. The molecular formula is C12H17N3OS. The Labute approximate surface area is 105 Å². The minimum absolute atomic E-state index is 0.0946. The van der Waals surface area contributed by atoms with Crippen LogP contribution in [0.5, 0.6) is 0 Å². The van der Waals surface area contributed by atoms with Gasteiger partial charge in [-0.3, -0.25) is 0 Å². The Balaban J connectivity index is 2.13. The number of hydrogen-bond donors (Lipinski definition) is 1. The molecule has 92 valence electrons. The molecule has 1 aromatic rings. The van der Waals surface area contributed by atoms with Gasteiger partial charge in [-0.15, -0.1) is 4.72 Å². The Morgan fingerprint density at radius 3 is 2.82 bits per heavy atom. The summed E-state index contributed by atoms with van der Waals surface area (Å²) in [5, 5.41) is 8.94. The summed E-state index contributed by atoms with van der Waals surface area (Å²) in [4.78, 5) is 0. The fourth-order valence-electron chi connectivity index (χ4n) is 1.97. The molecule has 2 atom stereocenters. The summed E-state index contributed by atoms with van der Waals surface area (Å²) in [5.41, 5.74) is 1.75. The van der Waals surface area contributed by atoms with Crippen molar-refractivity contribution in [3.8, 4) is 6.07 Å². The normalized spacial score (nSPS) is 21.0. The first kappa shape index (κ1) is 12.5. The smallest absolute Gasteiger partial charge is 0.136 e. The number of fused-ring (bicyclic) bond motifs is 1. The third kappa shape index (κ3) is 2.34. The van der Waals surface area contributed by atoms with Gasteiger partial charge in [0.1, 0.15) is 16.5 Å². The van der Waals surface area contributed by atoms with Gasteiger partial charge in [-0.25, -0.2) is 0 Å². The van der Waals surface area contributed by atoms with Gasteiger partial charge in [0, 0.05) is 23.6 Å². The third-order valence-electron chi connectivity index (χ3n) is 2.93. The minimum Gasteiger partial charge on any atom is -0.598 e. The fraction of sp³-hybridized carbons (Fsp3) is 0.583. The number of hydrogen-bond acceptors (Lipinski definition) is 3. The Morgan fingerprint density at radius 1 is 1.53 bits per heavy atom. The van der Waals surface area contributed by atoms with E-state index in [2.05, 4.69) is 10.8 Å². The zero-order valence-electron chi connectivity index (χ0n) is 10.4. The summed E-state index contributed by atoms with van der Waals surface area (Å²) >= 11 is -1.07. The topological polar surface area (TPSA) is 63.8 Å². The highest BCUT2D eigenvalue weighted by atomic mass is 32.2. The molecule has 2 heterocycles. The highest BCUT2D eigenvalue weighted by Gasteiger charge is 2.33. The van der Waals surface area contributed by atoms with E-state index in [1.807, 2.05) is 37.5 Å². The van der Waals surface area contributed by atoms with E-state index >= 15 is 0 Å². The van der Waals surface area contributed by atoms with Crippen LogP contribution in [-0.4, -0.2) is 13.9 Å². The number of nitrogens with zero attached hydrogens (tertiary/aromatic N) is 2. The van der Waals surface area contributed by atoms with E-state index in [0.717, 1.165) is 18.7 Å². The lowest BCUT2D eigenvalue weighted by molar-refractivity contribution is 0.521. The molecule has 1 aliphatic rings. The van der Waals surface area contributed by atoms with Crippen LogP contribution in [0.3, 0.4) is 0 Å². The quantitative estimate of drug-likeness (QED) is 0.816. The van der Waals surface area contributed by atoms with Gasteiger partial charge >= 0.3 is 0 Å². The molecular weight excluding hydrogens is 234 g/mol. The number of nitrogens with one attached hydrogen (secondary N) is 1. The van der Waals surface area contributed by atoms with Crippen LogP contribution in [0.25, 0.3) is 0 Å². The number of rotatable bonds is 2. The molecule has 0 radical (unpaired) electrons. The average molecular weight is 251 g/mol. The van der Waals surface area contributed by atoms with Crippen LogP contribution in [0.4, 0.5) is 0 Å². The van der Waals surface area contributed by atoms with Crippen molar-refractivity contribution in [2.45, 2.75) is 44.5 Å². The predicted molar refractivity (Wildman–Crippen MR) is 67.5 cm³/mol. The van der Waals surface area contributed by atoms with Gasteiger partial charge in [0.15, 0.2) is 0 Å². The second-order valence-electron chi connectivity index (χ2n) is 5.25. The fourth-order valence-corrected chi connectivity index (χ4v) is 2.82. The summed E-state index contributed by atoms with van der Waals surface area (Å²) in [6.45, 7) is 6.67. The van der Waals surface area contributed by atoms with Crippen LogP contribution in [0.2, 0.25) is 0 Å². The maximum atomic E-state index is 12.0. The van der Waals surface area contributed by atoms with Crippen molar-refractivity contribution in [1.82, 2.24) is 9.29 Å². The molecule has 2 rings (SSSR count). The summed E-state index contributed by atoms with van der Waals surface area (Å²) in [5.74, 6) is 0. The molecule has 0 aliphatic carbocycles. The molecule has 0 saturated carbocycles. The Kier molecular flexibility index (Phi) is 3.21. The van der Waals surface area contributed by atoms with Crippen LogP contribution in [-0.2, 0) is 17.9 Å². The lowest BCUT2D eigenvalue weighted by Gasteiger charge is -2.26. The van der Waals surface area contributed by atoms with Gasteiger partial charge in [0.25, 0.3) is 0 Å². The van der Waals surface area contributed by atoms with E-state index in [1.54, 1.807) is 0 Å². The van der Waals surface area contributed by atoms with Gasteiger partial charge in [-0.05, 0) is 39.3 Å². The van der Waals surface area contributed by atoms with Crippen molar-refractivity contribution < 1.29 is 4.55 Å². The van der Waals surface area contributed by atoms with E-state index in [9.17, 15) is 4.55 Å². The lowest BCUT2D eigenvalue weighted by Crippen LogP contribution is -2.40. The molecule has 0 aromatic carbocycles. The molecule has 0 bridgehead atoms. The Morgan fingerprint density at radius 2 is 2.24 bits per heavy atom. The number of aromatic nitrogens is 1. The summed E-state index contributed by atoms with van der Waals surface area (Å²) in [6.07, 6.45) is 0.896. The molecule has 1 aliphatic heterocycles. The predicted octanol–water partition coefficient (Wildman–Crippen LogP) is 1.86. The van der Waals surface area contributed by atoms with Crippen molar-refractivity contribution in [3.05, 3.63) is 23.5 Å². The second kappa shape index (κ2) is 4.37. The van der Waals surface area contributed by atoms with E-state index in [1.165, 1.54) is 0 Å². The molecule has 4 nitrogen and oxygen atoms in total. The van der Waals surface area contributed by atoms with Crippen molar-refractivity contribution in [2.24, 2.45) is 0 Å². The van der Waals surface area contributed by atoms with Crippen molar-refractivity contribution in [3.63, 3.8) is 0 Å². The monoisotopic (exact) mass is 251 g/mol. The van der Waals surface area contributed by atoms with E-state index in [4.69, 9.17) is 5.26 Å². The van der Waals surface area contributed by atoms with Crippen LogP contribution >= 0.6 is 0 Å². The van der Waals surface area contributed by atoms with E-state index < -0.39 is 11.4 Å². The Hall–Kier alpha value is -0.960. The van der Waals surface area contributed by atoms with Crippen molar-refractivity contribution >= 4 is 11.4 Å². The van der Waals surface area contributed by atoms with Gasteiger partial charge in [-0.1, -0.05) is 0 Å².